The van der Waals surface area contributed by atoms with Crippen LogP contribution < -0.4 is 10.1 Å². The molecule has 1 fully saturated rings. The summed E-state index contributed by atoms with van der Waals surface area (Å²) in [5, 5.41) is 3.46. The predicted molar refractivity (Wildman–Crippen MR) is 73.6 cm³/mol. The van der Waals surface area contributed by atoms with E-state index in [1.807, 2.05) is 12.1 Å². The van der Waals surface area contributed by atoms with Crippen LogP contribution in [0, 0.1) is 0 Å². The number of benzene rings is 1. The number of aromatic nitrogens is 2. The molecule has 0 radical (unpaired) electrons. The summed E-state index contributed by atoms with van der Waals surface area (Å²) < 4.78 is 12.9. The number of rotatable bonds is 3. The van der Waals surface area contributed by atoms with Gasteiger partial charge < -0.3 is 19.4 Å². The van der Waals surface area contributed by atoms with Gasteiger partial charge in [-0.2, -0.15) is 0 Å². The van der Waals surface area contributed by atoms with E-state index in [1.54, 1.807) is 7.11 Å². The van der Waals surface area contributed by atoms with Gasteiger partial charge in [-0.05, 0) is 12.1 Å². The van der Waals surface area contributed by atoms with Gasteiger partial charge in [0.1, 0.15) is 11.6 Å². The lowest BCUT2D eigenvalue weighted by Crippen LogP contribution is -2.42. The van der Waals surface area contributed by atoms with Crippen molar-refractivity contribution in [2.75, 3.05) is 26.9 Å². The summed E-state index contributed by atoms with van der Waals surface area (Å²) >= 11 is 0. The number of hydrogen-bond acceptors (Lipinski definition) is 4. The van der Waals surface area contributed by atoms with Crippen LogP contribution in [0.5, 0.6) is 5.75 Å². The fraction of sp³-hybridized carbons (Fsp3) is 0.500. The van der Waals surface area contributed by atoms with Crippen molar-refractivity contribution in [1.29, 1.82) is 0 Å². The molecule has 2 heterocycles. The van der Waals surface area contributed by atoms with Gasteiger partial charge in [-0.15, -0.1) is 0 Å². The first kappa shape index (κ1) is 12.4. The first-order valence-electron chi connectivity index (χ1n) is 6.58. The molecular weight excluding hydrogens is 242 g/mol. The van der Waals surface area contributed by atoms with Crippen molar-refractivity contribution in [3.63, 3.8) is 0 Å². The standard InChI is InChI=1S/C14H19N3O2/c1-17-13-4-3-11(18-2)8-12(13)16-14(17)7-10-9-19-6-5-15-10/h3-4,8,10,15H,5-7,9H2,1-2H3. The summed E-state index contributed by atoms with van der Waals surface area (Å²) in [6.45, 7) is 2.48. The summed E-state index contributed by atoms with van der Waals surface area (Å²) in [6, 6.07) is 6.35. The second-order valence-electron chi connectivity index (χ2n) is 4.87. The maximum Gasteiger partial charge on any atom is 0.121 e. The molecule has 1 aromatic heterocycles. The lowest BCUT2D eigenvalue weighted by atomic mass is 10.2. The third-order valence-corrected chi connectivity index (χ3v) is 3.61. The highest BCUT2D eigenvalue weighted by molar-refractivity contribution is 5.77. The second kappa shape index (κ2) is 5.19. The van der Waals surface area contributed by atoms with Crippen LogP contribution in [0.1, 0.15) is 5.82 Å². The summed E-state index contributed by atoms with van der Waals surface area (Å²) in [5.74, 6) is 1.92. The highest BCUT2D eigenvalue weighted by Crippen LogP contribution is 2.21. The smallest absolute Gasteiger partial charge is 0.121 e. The SMILES string of the molecule is COc1ccc2c(c1)nc(CC1COCCN1)n2C. The fourth-order valence-electron chi connectivity index (χ4n) is 2.51. The van der Waals surface area contributed by atoms with Gasteiger partial charge >= 0.3 is 0 Å². The van der Waals surface area contributed by atoms with Crippen molar-refractivity contribution in [2.45, 2.75) is 12.5 Å². The van der Waals surface area contributed by atoms with Crippen molar-refractivity contribution < 1.29 is 9.47 Å². The van der Waals surface area contributed by atoms with Crippen molar-refractivity contribution in [1.82, 2.24) is 14.9 Å². The molecule has 3 rings (SSSR count). The largest absolute Gasteiger partial charge is 0.497 e. The van der Waals surface area contributed by atoms with Crippen LogP contribution in [0.15, 0.2) is 18.2 Å². The molecule has 0 spiro atoms. The van der Waals surface area contributed by atoms with E-state index in [2.05, 4.69) is 23.0 Å². The normalized spacial score (nSPS) is 19.8. The van der Waals surface area contributed by atoms with Crippen LogP contribution in [-0.2, 0) is 18.2 Å². The molecule has 1 atom stereocenters. The van der Waals surface area contributed by atoms with E-state index in [4.69, 9.17) is 14.5 Å². The maximum atomic E-state index is 5.49. The summed E-state index contributed by atoms with van der Waals surface area (Å²) in [4.78, 5) is 4.70. The molecule has 1 N–H and O–H groups in total. The van der Waals surface area contributed by atoms with Gasteiger partial charge in [0.2, 0.25) is 0 Å². The number of fused-ring (bicyclic) bond motifs is 1. The van der Waals surface area contributed by atoms with Gasteiger partial charge in [0, 0.05) is 32.1 Å². The van der Waals surface area contributed by atoms with Crippen molar-refractivity contribution in [3.8, 4) is 5.75 Å². The molecule has 1 saturated heterocycles. The Bertz CT molecular complexity index is 573. The van der Waals surface area contributed by atoms with Crippen molar-refractivity contribution in [3.05, 3.63) is 24.0 Å². The molecule has 0 amide bonds. The molecule has 0 bridgehead atoms. The number of nitrogens with one attached hydrogen (secondary N) is 1. The number of imidazole rings is 1. The van der Waals surface area contributed by atoms with Crippen LogP contribution in [0.4, 0.5) is 0 Å². The third kappa shape index (κ3) is 2.43. The fourth-order valence-corrected chi connectivity index (χ4v) is 2.51. The van der Waals surface area contributed by atoms with E-state index in [0.29, 0.717) is 6.04 Å². The Morgan fingerprint density at radius 2 is 2.42 bits per heavy atom. The Balaban J connectivity index is 1.88. The summed E-state index contributed by atoms with van der Waals surface area (Å²) in [7, 11) is 3.73. The molecule has 2 aromatic rings. The molecule has 5 heteroatoms. The average molecular weight is 261 g/mol. The van der Waals surface area contributed by atoms with E-state index >= 15 is 0 Å². The van der Waals surface area contributed by atoms with E-state index in [1.165, 1.54) is 0 Å². The van der Waals surface area contributed by atoms with Gasteiger partial charge in [0.05, 0.1) is 31.4 Å². The molecule has 1 aromatic carbocycles. The topological polar surface area (TPSA) is 48.3 Å². The van der Waals surface area contributed by atoms with Gasteiger partial charge in [-0.25, -0.2) is 4.98 Å². The monoisotopic (exact) mass is 261 g/mol. The van der Waals surface area contributed by atoms with Crippen LogP contribution in [-0.4, -0.2) is 42.5 Å². The number of aryl methyl sites for hydroxylation is 1. The zero-order valence-corrected chi connectivity index (χ0v) is 11.3. The Labute approximate surface area is 112 Å². The van der Waals surface area contributed by atoms with E-state index in [0.717, 1.165) is 48.8 Å². The first-order chi connectivity index (χ1) is 9.28. The van der Waals surface area contributed by atoms with Crippen molar-refractivity contribution in [2.24, 2.45) is 7.05 Å². The van der Waals surface area contributed by atoms with E-state index in [9.17, 15) is 0 Å². The molecule has 19 heavy (non-hydrogen) atoms. The molecule has 0 saturated carbocycles. The predicted octanol–water partition coefficient (Wildman–Crippen LogP) is 1.11. The van der Waals surface area contributed by atoms with Crippen LogP contribution >= 0.6 is 0 Å². The second-order valence-corrected chi connectivity index (χ2v) is 4.87. The molecule has 1 unspecified atom stereocenters. The van der Waals surface area contributed by atoms with Gasteiger partial charge in [0.15, 0.2) is 0 Å². The van der Waals surface area contributed by atoms with E-state index in [-0.39, 0.29) is 0 Å². The number of morpholine rings is 1. The highest BCUT2D eigenvalue weighted by Gasteiger charge is 2.17. The zero-order chi connectivity index (χ0) is 13.2. The molecular formula is C14H19N3O2. The molecule has 102 valence electrons. The molecule has 1 aliphatic heterocycles. The zero-order valence-electron chi connectivity index (χ0n) is 11.3. The quantitative estimate of drug-likeness (QED) is 0.899. The first-order valence-corrected chi connectivity index (χ1v) is 6.58. The Kier molecular flexibility index (Phi) is 3.40. The minimum absolute atomic E-state index is 0.353. The Morgan fingerprint density at radius 3 is 3.16 bits per heavy atom. The lowest BCUT2D eigenvalue weighted by Gasteiger charge is -2.23. The van der Waals surface area contributed by atoms with Crippen LogP contribution in [0.25, 0.3) is 11.0 Å². The molecule has 5 nitrogen and oxygen atoms in total. The number of ether oxygens (including phenoxy) is 2. The molecule has 1 aliphatic rings. The Morgan fingerprint density at radius 1 is 1.53 bits per heavy atom. The summed E-state index contributed by atoms with van der Waals surface area (Å²) in [5.41, 5.74) is 2.11. The van der Waals surface area contributed by atoms with Crippen LogP contribution in [0.2, 0.25) is 0 Å². The van der Waals surface area contributed by atoms with Gasteiger partial charge in [0.25, 0.3) is 0 Å². The van der Waals surface area contributed by atoms with Gasteiger partial charge in [-0.3, -0.25) is 0 Å². The van der Waals surface area contributed by atoms with Crippen molar-refractivity contribution >= 4 is 11.0 Å². The third-order valence-electron chi connectivity index (χ3n) is 3.61. The van der Waals surface area contributed by atoms with Gasteiger partial charge in [-0.1, -0.05) is 0 Å². The van der Waals surface area contributed by atoms with E-state index < -0.39 is 0 Å². The number of hydrogen-bond donors (Lipinski definition) is 1. The number of nitrogens with zero attached hydrogens (tertiary/aromatic N) is 2. The minimum atomic E-state index is 0.353. The average Bonchev–Trinajstić information content (AvgIpc) is 2.76. The molecule has 0 aliphatic carbocycles. The maximum absolute atomic E-state index is 5.49. The Hall–Kier alpha value is -1.59. The number of methoxy groups -OCH3 is 1. The summed E-state index contributed by atoms with van der Waals surface area (Å²) in [6.07, 6.45) is 0.882. The van der Waals surface area contributed by atoms with Crippen LogP contribution in [0.3, 0.4) is 0 Å². The highest BCUT2D eigenvalue weighted by atomic mass is 16.5. The minimum Gasteiger partial charge on any atom is -0.497 e. The lowest BCUT2D eigenvalue weighted by molar-refractivity contribution is 0.0762.